The van der Waals surface area contributed by atoms with E-state index in [0.29, 0.717) is 29.5 Å². The fraction of sp³-hybridized carbons (Fsp3) is 0.538. The third-order valence-electron chi connectivity index (χ3n) is 2.41. The van der Waals surface area contributed by atoms with Crippen molar-refractivity contribution in [3.05, 3.63) is 28.8 Å². The van der Waals surface area contributed by atoms with Gasteiger partial charge >= 0.3 is 0 Å². The first-order chi connectivity index (χ1) is 9.19. The number of aliphatic hydroxyl groups excluding tert-OH is 2. The van der Waals surface area contributed by atoms with E-state index in [4.69, 9.17) is 25.8 Å². The molecule has 1 aromatic carbocycles. The molecular weight excluding hydrogens is 272 g/mol. The zero-order valence-corrected chi connectivity index (χ0v) is 11.6. The van der Waals surface area contributed by atoms with Gasteiger partial charge in [-0.05, 0) is 12.1 Å². The number of methoxy groups -OCH3 is 1. The second-order valence-electron chi connectivity index (χ2n) is 3.91. The lowest BCUT2D eigenvalue weighted by Crippen LogP contribution is -2.24. The van der Waals surface area contributed by atoms with Crippen LogP contribution in [0.1, 0.15) is 5.56 Å². The number of rotatable bonds is 9. The summed E-state index contributed by atoms with van der Waals surface area (Å²) < 4.78 is 15.4. The highest BCUT2D eigenvalue weighted by Crippen LogP contribution is 2.26. The molecule has 0 spiro atoms. The van der Waals surface area contributed by atoms with E-state index in [2.05, 4.69) is 0 Å². The molecule has 0 fully saturated rings. The lowest BCUT2D eigenvalue weighted by Gasteiger charge is -2.15. The molecule has 5 nitrogen and oxygen atoms in total. The standard InChI is InChI=1S/C13H19ClO5/c1-17-5-6-18-8-10(16)9-19-13-4-2-3-12(14)11(13)7-15/h2-4,10,15-16H,5-9H2,1H3. The number of halogens is 1. The van der Waals surface area contributed by atoms with Crippen LogP contribution >= 0.6 is 11.6 Å². The van der Waals surface area contributed by atoms with Crippen LogP contribution in [-0.4, -0.2) is 49.9 Å². The third kappa shape index (κ3) is 5.76. The second-order valence-corrected chi connectivity index (χ2v) is 4.31. The van der Waals surface area contributed by atoms with Gasteiger partial charge in [0.15, 0.2) is 0 Å². The average Bonchev–Trinajstić information content (AvgIpc) is 2.41. The molecule has 0 bridgehead atoms. The van der Waals surface area contributed by atoms with Gasteiger partial charge in [-0.3, -0.25) is 0 Å². The number of benzene rings is 1. The van der Waals surface area contributed by atoms with Crippen LogP contribution < -0.4 is 4.74 Å². The fourth-order valence-corrected chi connectivity index (χ4v) is 1.65. The van der Waals surface area contributed by atoms with Crippen LogP contribution in [0.5, 0.6) is 5.75 Å². The Morgan fingerprint density at radius 3 is 2.74 bits per heavy atom. The summed E-state index contributed by atoms with van der Waals surface area (Å²) in [4.78, 5) is 0. The van der Waals surface area contributed by atoms with Crippen molar-refractivity contribution >= 4 is 11.6 Å². The summed E-state index contributed by atoms with van der Waals surface area (Å²) >= 11 is 5.92. The summed E-state index contributed by atoms with van der Waals surface area (Å²) in [6.45, 7) is 0.928. The van der Waals surface area contributed by atoms with Crippen molar-refractivity contribution in [2.75, 3.05) is 33.5 Å². The maximum atomic E-state index is 9.66. The van der Waals surface area contributed by atoms with E-state index in [0.717, 1.165) is 0 Å². The van der Waals surface area contributed by atoms with Gasteiger partial charge in [-0.25, -0.2) is 0 Å². The number of hydrogen-bond donors (Lipinski definition) is 2. The molecule has 1 rings (SSSR count). The molecule has 2 N–H and O–H groups in total. The Labute approximate surface area is 117 Å². The molecule has 0 aromatic heterocycles. The second kappa shape index (κ2) is 9.12. The smallest absolute Gasteiger partial charge is 0.126 e. The van der Waals surface area contributed by atoms with Crippen LogP contribution in [0.25, 0.3) is 0 Å². The van der Waals surface area contributed by atoms with Crippen molar-refractivity contribution < 1.29 is 24.4 Å². The molecule has 1 unspecified atom stereocenters. The number of hydrogen-bond acceptors (Lipinski definition) is 5. The van der Waals surface area contributed by atoms with E-state index in [1.54, 1.807) is 25.3 Å². The fourth-order valence-electron chi connectivity index (χ4n) is 1.42. The van der Waals surface area contributed by atoms with E-state index in [-0.39, 0.29) is 19.8 Å². The van der Waals surface area contributed by atoms with Crippen LogP contribution in [0.15, 0.2) is 18.2 Å². The van der Waals surface area contributed by atoms with E-state index in [1.165, 1.54) is 0 Å². The van der Waals surface area contributed by atoms with Gasteiger partial charge in [-0.15, -0.1) is 0 Å². The largest absolute Gasteiger partial charge is 0.490 e. The van der Waals surface area contributed by atoms with Gasteiger partial charge in [0.25, 0.3) is 0 Å². The molecule has 108 valence electrons. The maximum Gasteiger partial charge on any atom is 0.126 e. The molecule has 0 aliphatic carbocycles. The van der Waals surface area contributed by atoms with E-state index in [9.17, 15) is 10.2 Å². The molecule has 0 aliphatic heterocycles. The van der Waals surface area contributed by atoms with Crippen molar-refractivity contribution in [2.45, 2.75) is 12.7 Å². The first kappa shape index (κ1) is 16.2. The van der Waals surface area contributed by atoms with Crippen molar-refractivity contribution in [3.8, 4) is 5.75 Å². The van der Waals surface area contributed by atoms with Gasteiger partial charge in [0.05, 0.1) is 26.4 Å². The zero-order chi connectivity index (χ0) is 14.1. The summed E-state index contributed by atoms with van der Waals surface area (Å²) in [6, 6.07) is 5.08. The highest BCUT2D eigenvalue weighted by atomic mass is 35.5. The minimum Gasteiger partial charge on any atom is -0.490 e. The monoisotopic (exact) mass is 290 g/mol. The van der Waals surface area contributed by atoms with Crippen molar-refractivity contribution in [2.24, 2.45) is 0 Å². The van der Waals surface area contributed by atoms with Crippen LogP contribution in [0, 0.1) is 0 Å². The van der Waals surface area contributed by atoms with E-state index in [1.807, 2.05) is 0 Å². The number of aliphatic hydroxyl groups is 2. The molecule has 0 saturated carbocycles. The molecule has 0 heterocycles. The van der Waals surface area contributed by atoms with Gasteiger partial charge in [-0.2, -0.15) is 0 Å². The summed E-state index contributed by atoms with van der Waals surface area (Å²) in [5, 5.41) is 19.3. The Balaban J connectivity index is 2.37. The van der Waals surface area contributed by atoms with Crippen molar-refractivity contribution in [3.63, 3.8) is 0 Å². The SMILES string of the molecule is COCCOCC(O)COc1cccc(Cl)c1CO. The first-order valence-corrected chi connectivity index (χ1v) is 6.32. The highest BCUT2D eigenvalue weighted by molar-refractivity contribution is 6.31. The first-order valence-electron chi connectivity index (χ1n) is 5.94. The summed E-state index contributed by atoms with van der Waals surface area (Å²) in [6.07, 6.45) is -0.748. The summed E-state index contributed by atoms with van der Waals surface area (Å²) in [5.74, 6) is 0.464. The molecular formula is C13H19ClO5. The van der Waals surface area contributed by atoms with Crippen LogP contribution in [0.4, 0.5) is 0 Å². The zero-order valence-electron chi connectivity index (χ0n) is 10.8. The Bertz CT molecular complexity index is 372. The molecule has 1 atom stereocenters. The molecule has 0 aliphatic rings. The maximum absolute atomic E-state index is 9.66. The van der Waals surface area contributed by atoms with Gasteiger partial charge in [0, 0.05) is 17.7 Å². The Morgan fingerprint density at radius 1 is 1.26 bits per heavy atom. The topological polar surface area (TPSA) is 68.2 Å². The lowest BCUT2D eigenvalue weighted by molar-refractivity contribution is -0.00445. The molecule has 0 radical (unpaired) electrons. The molecule has 1 aromatic rings. The lowest BCUT2D eigenvalue weighted by atomic mass is 10.2. The van der Waals surface area contributed by atoms with Crippen LogP contribution in [0.2, 0.25) is 5.02 Å². The Kier molecular flexibility index (Phi) is 7.78. The van der Waals surface area contributed by atoms with Crippen LogP contribution in [0.3, 0.4) is 0 Å². The molecule has 19 heavy (non-hydrogen) atoms. The Hall–Kier alpha value is -0.850. The van der Waals surface area contributed by atoms with Gasteiger partial charge in [0.2, 0.25) is 0 Å². The van der Waals surface area contributed by atoms with E-state index >= 15 is 0 Å². The normalized spacial score (nSPS) is 12.4. The minimum atomic E-state index is -0.748. The third-order valence-corrected chi connectivity index (χ3v) is 2.76. The highest BCUT2D eigenvalue weighted by Gasteiger charge is 2.10. The van der Waals surface area contributed by atoms with Gasteiger partial charge < -0.3 is 24.4 Å². The number of ether oxygens (including phenoxy) is 3. The Morgan fingerprint density at radius 2 is 2.05 bits per heavy atom. The minimum absolute atomic E-state index is 0.0698. The van der Waals surface area contributed by atoms with E-state index < -0.39 is 6.10 Å². The molecule has 6 heteroatoms. The molecule has 0 amide bonds. The predicted octanol–water partition coefficient (Wildman–Crippen LogP) is 1.23. The predicted molar refractivity (Wildman–Crippen MR) is 71.6 cm³/mol. The summed E-state index contributed by atoms with van der Waals surface area (Å²) in [7, 11) is 1.58. The van der Waals surface area contributed by atoms with Crippen molar-refractivity contribution in [1.82, 2.24) is 0 Å². The van der Waals surface area contributed by atoms with Crippen LogP contribution in [-0.2, 0) is 16.1 Å². The van der Waals surface area contributed by atoms with Crippen molar-refractivity contribution in [1.29, 1.82) is 0 Å². The summed E-state index contributed by atoms with van der Waals surface area (Å²) in [5.41, 5.74) is 0.511. The average molecular weight is 291 g/mol. The quantitative estimate of drug-likeness (QED) is 0.670. The molecule has 0 saturated heterocycles. The van der Waals surface area contributed by atoms with Gasteiger partial charge in [-0.1, -0.05) is 17.7 Å². The van der Waals surface area contributed by atoms with Gasteiger partial charge in [0.1, 0.15) is 18.5 Å².